The van der Waals surface area contributed by atoms with Gasteiger partial charge in [-0.3, -0.25) is 13.9 Å². The number of hydrogen-bond acceptors (Lipinski definition) is 4. The van der Waals surface area contributed by atoms with Gasteiger partial charge in [0.05, 0.1) is 15.6 Å². The van der Waals surface area contributed by atoms with Crippen molar-refractivity contribution in [1.29, 1.82) is 0 Å². The average Bonchev–Trinajstić information content (AvgIpc) is 2.87. The van der Waals surface area contributed by atoms with E-state index in [4.69, 9.17) is 11.6 Å². The second-order valence-corrected chi connectivity index (χ2v) is 11.1. The first-order valence-corrected chi connectivity index (χ1v) is 13.8. The number of amides is 2. The molecule has 0 aliphatic carbocycles. The Bertz CT molecular complexity index is 1360. The van der Waals surface area contributed by atoms with E-state index in [-0.39, 0.29) is 28.1 Å². The third-order valence-corrected chi connectivity index (χ3v) is 8.17. The highest BCUT2D eigenvalue weighted by molar-refractivity contribution is 7.92. The molecule has 196 valence electrons. The van der Waals surface area contributed by atoms with E-state index in [2.05, 4.69) is 5.32 Å². The lowest BCUT2D eigenvalue weighted by atomic mass is 10.1. The molecule has 9 heteroatoms. The fourth-order valence-electron chi connectivity index (χ4n) is 4.10. The smallest absolute Gasteiger partial charge is 0.264 e. The van der Waals surface area contributed by atoms with Gasteiger partial charge in [0.25, 0.3) is 10.0 Å². The summed E-state index contributed by atoms with van der Waals surface area (Å²) < 4.78 is 28.6. The number of anilines is 1. The second kappa shape index (κ2) is 12.3. The number of nitrogens with one attached hydrogen (secondary N) is 1. The molecule has 3 aromatic carbocycles. The van der Waals surface area contributed by atoms with Crippen LogP contribution in [0.5, 0.6) is 0 Å². The lowest BCUT2D eigenvalue weighted by molar-refractivity contribution is -0.140. The minimum Gasteiger partial charge on any atom is -0.357 e. The molecule has 3 rings (SSSR count). The quantitative estimate of drug-likeness (QED) is 0.403. The van der Waals surface area contributed by atoms with Crippen LogP contribution in [0, 0.1) is 13.8 Å². The summed E-state index contributed by atoms with van der Waals surface area (Å²) in [6.07, 6.45) is 0.355. The van der Waals surface area contributed by atoms with Gasteiger partial charge in [0.1, 0.15) is 12.6 Å². The summed E-state index contributed by atoms with van der Waals surface area (Å²) in [5.74, 6) is -0.846. The molecule has 1 atom stereocenters. The maximum absolute atomic E-state index is 13.9. The molecule has 0 heterocycles. The van der Waals surface area contributed by atoms with E-state index in [1.54, 1.807) is 36.4 Å². The summed E-state index contributed by atoms with van der Waals surface area (Å²) in [4.78, 5) is 28.1. The molecule has 0 aliphatic heterocycles. The molecule has 0 radical (unpaired) electrons. The third-order valence-electron chi connectivity index (χ3n) is 6.08. The molecule has 0 aliphatic rings. The van der Waals surface area contributed by atoms with Crippen molar-refractivity contribution in [3.8, 4) is 0 Å². The Kier molecular flexibility index (Phi) is 9.34. The first-order valence-electron chi connectivity index (χ1n) is 12.0. The van der Waals surface area contributed by atoms with E-state index in [1.165, 1.54) is 24.1 Å². The van der Waals surface area contributed by atoms with E-state index in [0.29, 0.717) is 6.42 Å². The zero-order valence-corrected chi connectivity index (χ0v) is 23.0. The van der Waals surface area contributed by atoms with Crippen LogP contribution in [0.25, 0.3) is 0 Å². The average molecular weight is 542 g/mol. The summed E-state index contributed by atoms with van der Waals surface area (Å²) in [5, 5.41) is 2.81. The molecule has 0 saturated heterocycles. The predicted molar refractivity (Wildman–Crippen MR) is 147 cm³/mol. The van der Waals surface area contributed by atoms with Crippen LogP contribution in [0.2, 0.25) is 5.02 Å². The van der Waals surface area contributed by atoms with E-state index in [9.17, 15) is 18.0 Å². The lowest BCUT2D eigenvalue weighted by Crippen LogP contribution is -2.51. The molecule has 0 spiro atoms. The Morgan fingerprint density at radius 1 is 0.946 bits per heavy atom. The van der Waals surface area contributed by atoms with E-state index >= 15 is 0 Å². The summed E-state index contributed by atoms with van der Waals surface area (Å²) in [7, 11) is -2.65. The Morgan fingerprint density at radius 3 is 2.22 bits per heavy atom. The van der Waals surface area contributed by atoms with Crippen LogP contribution >= 0.6 is 11.6 Å². The molecule has 3 aromatic rings. The highest BCUT2D eigenvalue weighted by Crippen LogP contribution is 2.31. The third kappa shape index (κ3) is 6.70. The van der Waals surface area contributed by atoms with Crippen LogP contribution in [0.15, 0.2) is 77.7 Å². The Hall–Kier alpha value is -3.36. The monoisotopic (exact) mass is 541 g/mol. The SMILES string of the molecule is CC[C@@H](C(=O)NC)N(Cc1cccc(C)c1)C(=O)CN(c1ccccc1Cl)S(=O)(=O)c1ccc(C)cc1. The van der Waals surface area contributed by atoms with Crippen molar-refractivity contribution < 1.29 is 18.0 Å². The Morgan fingerprint density at radius 2 is 1.62 bits per heavy atom. The highest BCUT2D eigenvalue weighted by atomic mass is 35.5. The molecular weight excluding hydrogens is 510 g/mol. The van der Waals surface area contributed by atoms with Gasteiger partial charge in [-0.25, -0.2) is 8.42 Å². The highest BCUT2D eigenvalue weighted by Gasteiger charge is 2.34. The number of carbonyl (C=O) groups excluding carboxylic acids is 2. The van der Waals surface area contributed by atoms with Crippen LogP contribution in [0.1, 0.15) is 30.0 Å². The number of halogens is 1. The second-order valence-electron chi connectivity index (χ2n) is 8.83. The van der Waals surface area contributed by atoms with Crippen molar-refractivity contribution in [2.75, 3.05) is 17.9 Å². The number of nitrogens with zero attached hydrogens (tertiary/aromatic N) is 2. The molecule has 0 aromatic heterocycles. The number of aryl methyl sites for hydroxylation is 2. The summed E-state index contributed by atoms with van der Waals surface area (Å²) in [6, 6.07) is 19.7. The standard InChI is InChI=1S/C28H32ClN3O4S/c1-5-25(28(34)30-4)31(18-22-10-8-9-21(3)17-22)27(33)19-32(26-12-7-6-11-24(26)29)37(35,36)23-15-13-20(2)14-16-23/h6-17,25H,5,18-19H2,1-4H3,(H,30,34)/t25-/m0/s1. The molecule has 7 nitrogen and oxygen atoms in total. The number of sulfonamides is 1. The van der Waals surface area contributed by atoms with Crippen LogP contribution < -0.4 is 9.62 Å². The van der Waals surface area contributed by atoms with Crippen LogP contribution in [-0.4, -0.2) is 44.8 Å². The van der Waals surface area contributed by atoms with E-state index in [0.717, 1.165) is 21.0 Å². The van der Waals surface area contributed by atoms with Crippen molar-refractivity contribution in [2.24, 2.45) is 0 Å². The molecule has 37 heavy (non-hydrogen) atoms. The molecule has 1 N–H and O–H groups in total. The van der Waals surface area contributed by atoms with Gasteiger partial charge < -0.3 is 10.2 Å². The van der Waals surface area contributed by atoms with E-state index < -0.39 is 28.5 Å². The number of hydrogen-bond donors (Lipinski definition) is 1. The van der Waals surface area contributed by atoms with Gasteiger partial charge in [0, 0.05) is 13.6 Å². The summed E-state index contributed by atoms with van der Waals surface area (Å²) >= 11 is 6.42. The topological polar surface area (TPSA) is 86.8 Å². The van der Waals surface area contributed by atoms with Crippen molar-refractivity contribution in [1.82, 2.24) is 10.2 Å². The Labute approximate surface area is 224 Å². The molecule has 0 saturated carbocycles. The number of likely N-dealkylation sites (N-methyl/N-ethyl adjacent to an activating group) is 1. The number of para-hydroxylation sites is 1. The van der Waals surface area contributed by atoms with E-state index in [1.807, 2.05) is 45.0 Å². The zero-order valence-electron chi connectivity index (χ0n) is 21.4. The Balaban J connectivity index is 2.07. The minimum absolute atomic E-state index is 0.0365. The molecule has 0 fully saturated rings. The van der Waals surface area contributed by atoms with Gasteiger partial charge in [-0.05, 0) is 50.1 Å². The first-order chi connectivity index (χ1) is 17.6. The molecule has 0 bridgehead atoms. The number of rotatable bonds is 10. The van der Waals surface area contributed by atoms with Crippen LogP contribution in [0.3, 0.4) is 0 Å². The fourth-order valence-corrected chi connectivity index (χ4v) is 5.82. The van der Waals surface area contributed by atoms with Gasteiger partial charge in [-0.1, -0.05) is 78.2 Å². The van der Waals surface area contributed by atoms with Gasteiger partial charge in [0.15, 0.2) is 0 Å². The zero-order chi connectivity index (χ0) is 27.2. The molecular formula is C28H32ClN3O4S. The van der Waals surface area contributed by atoms with Crippen molar-refractivity contribution >= 4 is 39.1 Å². The summed E-state index contributed by atoms with van der Waals surface area (Å²) in [6.45, 7) is 5.23. The maximum atomic E-state index is 13.9. The normalized spacial score (nSPS) is 12.0. The largest absolute Gasteiger partial charge is 0.357 e. The van der Waals surface area contributed by atoms with Gasteiger partial charge in [0.2, 0.25) is 11.8 Å². The molecule has 2 amide bonds. The number of benzene rings is 3. The van der Waals surface area contributed by atoms with Crippen LogP contribution in [0.4, 0.5) is 5.69 Å². The molecule has 0 unspecified atom stereocenters. The van der Waals surface area contributed by atoms with Gasteiger partial charge in [-0.15, -0.1) is 0 Å². The number of carbonyl (C=O) groups is 2. The maximum Gasteiger partial charge on any atom is 0.264 e. The van der Waals surface area contributed by atoms with Gasteiger partial charge >= 0.3 is 0 Å². The van der Waals surface area contributed by atoms with Crippen molar-refractivity contribution in [3.63, 3.8) is 0 Å². The van der Waals surface area contributed by atoms with Crippen molar-refractivity contribution in [2.45, 2.75) is 44.7 Å². The fraction of sp³-hybridized carbons (Fsp3) is 0.286. The lowest BCUT2D eigenvalue weighted by Gasteiger charge is -2.33. The van der Waals surface area contributed by atoms with Gasteiger partial charge in [-0.2, -0.15) is 0 Å². The summed E-state index contributed by atoms with van der Waals surface area (Å²) in [5.41, 5.74) is 2.93. The first kappa shape index (κ1) is 28.2. The van der Waals surface area contributed by atoms with Crippen LogP contribution in [-0.2, 0) is 26.2 Å². The van der Waals surface area contributed by atoms with Crippen molar-refractivity contribution in [3.05, 3.63) is 94.5 Å². The predicted octanol–water partition coefficient (Wildman–Crippen LogP) is 4.71. The minimum atomic E-state index is -4.16.